The normalized spacial score (nSPS) is 15.5. The Kier molecular flexibility index (Phi) is 12.8. The number of allylic oxidation sites excluding steroid dienone is 13. The van der Waals surface area contributed by atoms with Gasteiger partial charge in [0.25, 0.3) is 0 Å². The largest absolute Gasteiger partial charge is 0.378 e. The van der Waals surface area contributed by atoms with Crippen LogP contribution in [0.25, 0.3) is 61.4 Å². The first-order valence-electron chi connectivity index (χ1n) is 22.2. The van der Waals surface area contributed by atoms with Gasteiger partial charge in [0.05, 0.1) is 51.1 Å². The van der Waals surface area contributed by atoms with E-state index in [2.05, 4.69) is 220 Å². The molecule has 0 fully saturated rings. The highest BCUT2D eigenvalue weighted by Gasteiger charge is 2.32. The summed E-state index contributed by atoms with van der Waals surface area (Å²) in [5.41, 5.74) is 22.5. The van der Waals surface area contributed by atoms with Crippen LogP contribution in [0.4, 0.5) is 0 Å². The molecule has 0 unspecified atom stereocenters. The predicted molar refractivity (Wildman–Crippen MR) is 286 cm³/mol. The van der Waals surface area contributed by atoms with E-state index in [0.717, 1.165) is 67.5 Å². The molecule has 0 radical (unpaired) electrons. The molecule has 66 heavy (non-hydrogen) atoms. The van der Waals surface area contributed by atoms with Crippen molar-refractivity contribution in [3.63, 3.8) is 0 Å². The smallest absolute Gasteiger partial charge is 0.0659 e. The Labute approximate surface area is 390 Å². The topological polar surface area (TPSA) is 45.5 Å². The fourth-order valence-corrected chi connectivity index (χ4v) is 11.3. The van der Waals surface area contributed by atoms with Crippen molar-refractivity contribution in [2.45, 2.75) is 6.92 Å². The zero-order chi connectivity index (χ0) is 45.5. The van der Waals surface area contributed by atoms with Gasteiger partial charge in [-0.2, -0.15) is 0 Å². The van der Waals surface area contributed by atoms with Crippen molar-refractivity contribution < 1.29 is 0 Å². The molecule has 324 valence electrons. The number of benzene rings is 4. The summed E-state index contributed by atoms with van der Waals surface area (Å²) < 4.78 is 2.44. The molecule has 3 aliphatic rings. The summed E-state index contributed by atoms with van der Waals surface area (Å²) in [5, 5.41) is 7.17. The number of aliphatic imine (C=N–C) groups is 1. The molecule has 0 spiro atoms. The minimum atomic E-state index is -1.47. The third-order valence-corrected chi connectivity index (χ3v) is 14.5. The van der Waals surface area contributed by atoms with Gasteiger partial charge in [0.2, 0.25) is 0 Å². The quantitative estimate of drug-likeness (QED) is 0.0674. The number of nitrogens with zero attached hydrogens (tertiary/aromatic N) is 4. The van der Waals surface area contributed by atoms with Crippen LogP contribution in [-0.2, 0) is 0 Å². The van der Waals surface area contributed by atoms with Crippen LogP contribution < -0.4 is 5.32 Å². The van der Waals surface area contributed by atoms with E-state index in [-0.39, 0.29) is 0 Å². The molecule has 0 amide bonds. The number of nitrogens with one attached hydrogen (secondary N) is 1. The van der Waals surface area contributed by atoms with Crippen molar-refractivity contribution >= 4 is 55.4 Å². The number of fused-ring (bicyclic) bond motifs is 3. The SMILES string of the molecule is C=C/C=C(/N(C1=CC=C(n2c3cccc(-c4ccccc4)c3c3cc(C4=CC=CC=C=C4)cc(-c4ccccc4)c32)C=C=C1)C1=C(/C=C/c2ccccn2)NC1)S(C)(C)C/C(C=NC)=C/C. The second-order valence-corrected chi connectivity index (χ2v) is 20.4. The Morgan fingerprint density at radius 1 is 0.833 bits per heavy atom. The van der Waals surface area contributed by atoms with Crippen LogP contribution in [0.1, 0.15) is 18.2 Å². The molecule has 5 nitrogen and oxygen atoms in total. The van der Waals surface area contributed by atoms with Gasteiger partial charge in [-0.25, -0.2) is 10.0 Å². The first-order valence-corrected chi connectivity index (χ1v) is 24.8. The Bertz CT molecular complexity index is 3280. The lowest BCUT2D eigenvalue weighted by Crippen LogP contribution is -2.40. The van der Waals surface area contributed by atoms with E-state index in [0.29, 0.717) is 6.54 Å². The zero-order valence-electron chi connectivity index (χ0n) is 37.9. The van der Waals surface area contributed by atoms with Crippen molar-refractivity contribution in [1.82, 2.24) is 19.8 Å². The van der Waals surface area contributed by atoms with E-state index in [9.17, 15) is 0 Å². The highest BCUT2D eigenvalue weighted by atomic mass is 32.3. The van der Waals surface area contributed by atoms with Crippen molar-refractivity contribution in [3.8, 4) is 22.3 Å². The predicted octanol–water partition coefficient (Wildman–Crippen LogP) is 14.2. The zero-order valence-corrected chi connectivity index (χ0v) is 38.8. The molecular weight excluding hydrogens is 823 g/mol. The fourth-order valence-electron chi connectivity index (χ4n) is 8.86. The third-order valence-electron chi connectivity index (χ3n) is 12.0. The molecule has 1 N–H and O–H groups in total. The average molecular weight is 876 g/mol. The monoisotopic (exact) mass is 875 g/mol. The van der Waals surface area contributed by atoms with Crippen molar-refractivity contribution in [2.75, 3.05) is 31.9 Å². The van der Waals surface area contributed by atoms with Crippen LogP contribution in [0.2, 0.25) is 0 Å². The Balaban J connectivity index is 1.29. The van der Waals surface area contributed by atoms with Crippen LogP contribution in [0.5, 0.6) is 0 Å². The molecule has 6 heteroatoms. The van der Waals surface area contributed by atoms with Gasteiger partial charge in [-0.05, 0) is 126 Å². The number of rotatable bonds is 14. The fraction of sp³-hybridized carbons (Fsp3) is 0.100. The minimum Gasteiger partial charge on any atom is -0.378 e. The van der Waals surface area contributed by atoms with Crippen molar-refractivity contribution in [2.24, 2.45) is 4.99 Å². The molecule has 1 aliphatic heterocycles. The minimum absolute atomic E-state index is 0.694. The van der Waals surface area contributed by atoms with E-state index in [4.69, 9.17) is 0 Å². The first-order chi connectivity index (χ1) is 32.4. The van der Waals surface area contributed by atoms with Gasteiger partial charge in [-0.3, -0.25) is 9.98 Å². The molecule has 0 saturated heterocycles. The molecule has 0 saturated carbocycles. The third kappa shape index (κ3) is 8.82. The molecule has 3 heterocycles. The summed E-state index contributed by atoms with van der Waals surface area (Å²) >= 11 is 0. The summed E-state index contributed by atoms with van der Waals surface area (Å²) in [7, 11) is 0.365. The number of hydrogen-bond donors (Lipinski definition) is 1. The van der Waals surface area contributed by atoms with Gasteiger partial charge in [0, 0.05) is 53.7 Å². The van der Waals surface area contributed by atoms with Gasteiger partial charge in [-0.15, -0.1) is 11.5 Å². The molecule has 2 aromatic heterocycles. The molecule has 0 bridgehead atoms. The summed E-state index contributed by atoms with van der Waals surface area (Å²) in [4.78, 5) is 11.4. The van der Waals surface area contributed by atoms with Gasteiger partial charge in [-0.1, -0.05) is 116 Å². The van der Waals surface area contributed by atoms with Crippen molar-refractivity contribution in [1.29, 1.82) is 0 Å². The molecule has 9 rings (SSSR count). The Hall–Kier alpha value is -7.85. The lowest BCUT2D eigenvalue weighted by Gasteiger charge is -2.45. The Morgan fingerprint density at radius 3 is 2.33 bits per heavy atom. The second kappa shape index (κ2) is 19.5. The lowest BCUT2D eigenvalue weighted by molar-refractivity contribution is 0.501. The van der Waals surface area contributed by atoms with E-state index in [1.807, 2.05) is 55.9 Å². The van der Waals surface area contributed by atoms with E-state index < -0.39 is 10.0 Å². The van der Waals surface area contributed by atoms with Crippen molar-refractivity contribution in [3.05, 3.63) is 251 Å². The second-order valence-electron chi connectivity index (χ2n) is 16.6. The number of aromatic nitrogens is 2. The van der Waals surface area contributed by atoms with E-state index in [1.165, 1.54) is 32.5 Å². The maximum absolute atomic E-state index is 4.56. The summed E-state index contributed by atoms with van der Waals surface area (Å²) in [6.07, 6.45) is 38.1. The lowest BCUT2D eigenvalue weighted by atomic mass is 9.93. The summed E-state index contributed by atoms with van der Waals surface area (Å²) in [6.45, 7) is 7.02. The highest BCUT2D eigenvalue weighted by molar-refractivity contribution is 8.35. The van der Waals surface area contributed by atoms with Crippen LogP contribution in [0, 0.1) is 0 Å². The van der Waals surface area contributed by atoms with E-state index >= 15 is 0 Å². The van der Waals surface area contributed by atoms with Crippen LogP contribution in [-0.4, -0.2) is 52.5 Å². The highest BCUT2D eigenvalue weighted by Crippen LogP contribution is 2.54. The summed E-state index contributed by atoms with van der Waals surface area (Å²) in [6, 6.07) is 38.9. The molecule has 4 aromatic carbocycles. The number of hydrogen-bond acceptors (Lipinski definition) is 4. The maximum Gasteiger partial charge on any atom is 0.0659 e. The maximum atomic E-state index is 4.56. The van der Waals surface area contributed by atoms with Crippen LogP contribution in [0.15, 0.2) is 245 Å². The molecule has 0 atom stereocenters. The average Bonchev–Trinajstić information content (AvgIpc) is 3.55. The van der Waals surface area contributed by atoms with Gasteiger partial charge in [0.15, 0.2) is 0 Å². The first kappa shape index (κ1) is 43.4. The van der Waals surface area contributed by atoms with Gasteiger partial charge in [0.1, 0.15) is 0 Å². The molecule has 6 aromatic rings. The number of pyridine rings is 1. The van der Waals surface area contributed by atoms with Crippen LogP contribution >= 0.6 is 10.0 Å². The van der Waals surface area contributed by atoms with Gasteiger partial charge < -0.3 is 14.8 Å². The van der Waals surface area contributed by atoms with Crippen LogP contribution in [0.3, 0.4) is 0 Å². The standard InChI is InChI=1S/C60H53N5S/c1-6-22-58(66(4,5)43-44(7-2)41-61-3)64(57-42-63-55(57)37-34-49-29-18-19-38-62-49)50-30-20-31-51(36-35-50)65-56-33-21-32-52(46-25-14-10-15-26-46)59(56)54-40-48(45-23-12-8-9-13-24-45)39-53(60(54)65)47-27-16-11-17-28-47/h6-12,14-19,21-41,63H,1,42-43H2,2-5H3/b37-34+,44-7+,58-22-,61-41?. The van der Waals surface area contributed by atoms with Gasteiger partial charge >= 0.3 is 0 Å². The Morgan fingerprint density at radius 2 is 1.62 bits per heavy atom. The molecular formula is C60H53N5S. The molecule has 2 aliphatic carbocycles. The summed E-state index contributed by atoms with van der Waals surface area (Å²) in [5.74, 6) is 0.860. The van der Waals surface area contributed by atoms with E-state index in [1.54, 1.807) is 0 Å².